The van der Waals surface area contributed by atoms with Crippen molar-refractivity contribution < 1.29 is 13.5 Å². The average molecular weight is 317 g/mol. The molecule has 1 atom stereocenters. The Kier molecular flexibility index (Phi) is 7.58. The molecule has 0 fully saturated rings. The molecule has 20 heavy (non-hydrogen) atoms. The Morgan fingerprint density at radius 1 is 1.20 bits per heavy atom. The fraction of sp³-hybridized carbons (Fsp3) is 0.571. The summed E-state index contributed by atoms with van der Waals surface area (Å²) in [6, 6.07) is 6.33. The lowest BCUT2D eigenvalue weighted by Crippen LogP contribution is -2.24. The molecule has 0 amide bonds. The maximum absolute atomic E-state index is 12.0. The molecule has 0 spiro atoms. The van der Waals surface area contributed by atoms with Gasteiger partial charge in [0.1, 0.15) is 0 Å². The summed E-state index contributed by atoms with van der Waals surface area (Å²) >= 11 is 1.81. The van der Waals surface area contributed by atoms with E-state index in [9.17, 15) is 13.5 Å². The highest BCUT2D eigenvalue weighted by atomic mass is 32.2. The Hall–Kier alpha value is -0.560. The quantitative estimate of drug-likeness (QED) is 0.687. The molecular weight excluding hydrogens is 294 g/mol. The molecule has 1 unspecified atom stereocenters. The van der Waals surface area contributed by atoms with Crippen molar-refractivity contribution in [1.29, 1.82) is 0 Å². The summed E-state index contributed by atoms with van der Waals surface area (Å²) in [6.45, 7) is 2.12. The molecule has 1 aromatic carbocycles. The first kappa shape index (κ1) is 17.5. The molecule has 1 rings (SSSR count). The zero-order valence-electron chi connectivity index (χ0n) is 12.0. The Balaban J connectivity index is 2.47. The van der Waals surface area contributed by atoms with Gasteiger partial charge in [-0.1, -0.05) is 18.6 Å². The fourth-order valence-corrected chi connectivity index (χ4v) is 3.33. The van der Waals surface area contributed by atoms with Gasteiger partial charge in [0.15, 0.2) is 0 Å². The number of unbranched alkanes of at least 4 members (excludes halogenated alkanes) is 2. The molecule has 0 saturated carbocycles. The van der Waals surface area contributed by atoms with Gasteiger partial charge in [-0.3, -0.25) is 0 Å². The molecular formula is C14H23NO3S2. The van der Waals surface area contributed by atoms with Crippen molar-refractivity contribution in [3.8, 4) is 0 Å². The Labute approximate surface area is 126 Å². The lowest BCUT2D eigenvalue weighted by Gasteiger charge is -2.08. The Morgan fingerprint density at radius 2 is 1.85 bits per heavy atom. The first-order valence-corrected chi connectivity index (χ1v) is 9.61. The van der Waals surface area contributed by atoms with Crippen molar-refractivity contribution in [2.75, 3.05) is 18.6 Å². The predicted octanol–water partition coefficient (Wildman–Crippen LogP) is 2.55. The summed E-state index contributed by atoms with van der Waals surface area (Å²) in [7, 11) is -3.43. The third kappa shape index (κ3) is 5.83. The highest BCUT2D eigenvalue weighted by Crippen LogP contribution is 2.15. The van der Waals surface area contributed by atoms with E-state index in [-0.39, 0.29) is 4.90 Å². The van der Waals surface area contributed by atoms with Gasteiger partial charge in [0.2, 0.25) is 10.0 Å². The predicted molar refractivity (Wildman–Crippen MR) is 84.5 cm³/mol. The van der Waals surface area contributed by atoms with Gasteiger partial charge < -0.3 is 5.11 Å². The number of benzene rings is 1. The summed E-state index contributed by atoms with van der Waals surface area (Å²) in [5, 5.41) is 9.39. The van der Waals surface area contributed by atoms with Crippen LogP contribution in [0.4, 0.5) is 0 Å². The van der Waals surface area contributed by atoms with Gasteiger partial charge in [-0.25, -0.2) is 13.1 Å². The van der Waals surface area contributed by atoms with Gasteiger partial charge >= 0.3 is 0 Å². The highest BCUT2D eigenvalue weighted by molar-refractivity contribution is 7.98. The van der Waals surface area contributed by atoms with Crippen molar-refractivity contribution >= 4 is 21.8 Å². The van der Waals surface area contributed by atoms with Crippen molar-refractivity contribution in [3.63, 3.8) is 0 Å². The molecule has 6 heteroatoms. The largest absolute Gasteiger partial charge is 0.389 e. The van der Waals surface area contributed by atoms with Gasteiger partial charge in [0.05, 0.1) is 11.0 Å². The van der Waals surface area contributed by atoms with Crippen LogP contribution in [0.3, 0.4) is 0 Å². The van der Waals surface area contributed by atoms with Crippen molar-refractivity contribution in [2.45, 2.75) is 37.2 Å². The lowest BCUT2D eigenvalue weighted by molar-refractivity contribution is 0.199. The van der Waals surface area contributed by atoms with Gasteiger partial charge in [0.25, 0.3) is 0 Å². The van der Waals surface area contributed by atoms with Crippen molar-refractivity contribution in [3.05, 3.63) is 29.8 Å². The molecule has 0 aliphatic heterocycles. The number of aliphatic hydroxyl groups is 1. The molecule has 0 saturated heterocycles. The van der Waals surface area contributed by atoms with Crippen LogP contribution in [0, 0.1) is 0 Å². The van der Waals surface area contributed by atoms with Crippen molar-refractivity contribution in [2.24, 2.45) is 0 Å². The Bertz CT molecular complexity index is 484. The maximum Gasteiger partial charge on any atom is 0.240 e. The highest BCUT2D eigenvalue weighted by Gasteiger charge is 2.13. The molecule has 2 N–H and O–H groups in total. The summed E-state index contributed by atoms with van der Waals surface area (Å²) < 4.78 is 26.7. The fourth-order valence-electron chi connectivity index (χ4n) is 1.76. The van der Waals surface area contributed by atoms with Crippen LogP contribution in [0.15, 0.2) is 29.2 Å². The van der Waals surface area contributed by atoms with Gasteiger partial charge in [-0.2, -0.15) is 11.8 Å². The Morgan fingerprint density at radius 3 is 2.40 bits per heavy atom. The van der Waals surface area contributed by atoms with E-state index in [1.807, 2.05) is 0 Å². The van der Waals surface area contributed by atoms with E-state index < -0.39 is 16.1 Å². The molecule has 0 aliphatic carbocycles. The average Bonchev–Trinajstić information content (AvgIpc) is 2.43. The number of hydrogen-bond acceptors (Lipinski definition) is 4. The topological polar surface area (TPSA) is 66.4 Å². The van der Waals surface area contributed by atoms with E-state index in [0.29, 0.717) is 12.1 Å². The maximum atomic E-state index is 12.0. The second-order valence-corrected chi connectivity index (χ2v) is 7.45. The molecule has 0 aliphatic rings. The molecule has 1 aromatic rings. The van der Waals surface area contributed by atoms with E-state index >= 15 is 0 Å². The second-order valence-electron chi connectivity index (χ2n) is 4.70. The smallest absolute Gasteiger partial charge is 0.240 e. The van der Waals surface area contributed by atoms with Crippen LogP contribution in [0.5, 0.6) is 0 Å². The van der Waals surface area contributed by atoms with Crippen molar-refractivity contribution in [1.82, 2.24) is 4.72 Å². The van der Waals surface area contributed by atoms with Crippen LogP contribution in [0.25, 0.3) is 0 Å². The molecule has 114 valence electrons. The summed E-state index contributed by atoms with van der Waals surface area (Å²) in [6.07, 6.45) is 4.48. The third-order valence-electron chi connectivity index (χ3n) is 2.99. The van der Waals surface area contributed by atoms with E-state index in [2.05, 4.69) is 11.0 Å². The first-order valence-electron chi connectivity index (χ1n) is 6.74. The van der Waals surface area contributed by atoms with Crippen LogP contribution in [-0.2, 0) is 10.0 Å². The summed E-state index contributed by atoms with van der Waals surface area (Å²) in [4.78, 5) is 0.242. The van der Waals surface area contributed by atoms with E-state index in [1.54, 1.807) is 30.8 Å². The number of aliphatic hydroxyl groups excluding tert-OH is 1. The zero-order chi connectivity index (χ0) is 15.0. The number of rotatable bonds is 9. The third-order valence-corrected chi connectivity index (χ3v) is 5.16. The number of sulfonamides is 1. The van der Waals surface area contributed by atoms with Crippen LogP contribution < -0.4 is 4.72 Å². The molecule has 4 nitrogen and oxygen atoms in total. The number of hydrogen-bond donors (Lipinski definition) is 2. The number of thioether (sulfide) groups is 1. The minimum Gasteiger partial charge on any atom is -0.389 e. The van der Waals surface area contributed by atoms with Gasteiger partial charge in [0, 0.05) is 6.54 Å². The first-order chi connectivity index (χ1) is 9.47. The minimum atomic E-state index is -3.43. The lowest BCUT2D eigenvalue weighted by atomic mass is 10.1. The van der Waals surface area contributed by atoms with E-state index in [4.69, 9.17) is 0 Å². The van der Waals surface area contributed by atoms with E-state index in [1.165, 1.54) is 12.1 Å². The monoisotopic (exact) mass is 317 g/mol. The van der Waals surface area contributed by atoms with Crippen LogP contribution in [0.2, 0.25) is 0 Å². The SMILES string of the molecule is CSCCCCCNS(=O)(=O)c1ccc(C(C)O)cc1. The van der Waals surface area contributed by atoms with Crippen LogP contribution in [0.1, 0.15) is 37.9 Å². The standard InChI is InChI=1S/C14H23NO3S2/c1-12(16)13-6-8-14(9-7-13)20(17,18)15-10-4-3-5-11-19-2/h6-9,12,15-16H,3-5,10-11H2,1-2H3. The van der Waals surface area contributed by atoms with Crippen LogP contribution in [-0.4, -0.2) is 32.1 Å². The molecule has 0 bridgehead atoms. The van der Waals surface area contributed by atoms with Gasteiger partial charge in [-0.15, -0.1) is 0 Å². The molecule has 0 aromatic heterocycles. The molecule has 0 heterocycles. The number of nitrogens with one attached hydrogen (secondary N) is 1. The zero-order valence-corrected chi connectivity index (χ0v) is 13.6. The summed E-state index contributed by atoms with van der Waals surface area (Å²) in [5.41, 5.74) is 0.709. The summed E-state index contributed by atoms with van der Waals surface area (Å²) in [5.74, 6) is 1.12. The normalized spacial score (nSPS) is 13.3. The molecule has 0 radical (unpaired) electrons. The van der Waals surface area contributed by atoms with Gasteiger partial charge in [-0.05, 0) is 49.5 Å². The second kappa shape index (κ2) is 8.67. The minimum absolute atomic E-state index is 0.242. The van der Waals surface area contributed by atoms with E-state index in [0.717, 1.165) is 25.0 Å². The van der Waals surface area contributed by atoms with Crippen LogP contribution >= 0.6 is 11.8 Å².